The van der Waals surface area contributed by atoms with E-state index < -0.39 is 12.9 Å². The van der Waals surface area contributed by atoms with E-state index >= 15 is 0 Å². The lowest BCUT2D eigenvalue weighted by Crippen LogP contribution is -2.29. The maximum atomic E-state index is 13.0. The number of benzene rings is 2. The number of carbonyl (C=O) groups is 1. The third-order valence-electron chi connectivity index (χ3n) is 2.86. The van der Waals surface area contributed by atoms with Gasteiger partial charge in [-0.05, 0) is 29.2 Å². The van der Waals surface area contributed by atoms with Crippen LogP contribution in [0.25, 0.3) is 6.08 Å². The molecule has 0 amide bonds. The molecule has 2 rings (SSSR count). The Balaban J connectivity index is 2.13. The van der Waals surface area contributed by atoms with Crippen molar-refractivity contribution in [2.24, 2.45) is 0 Å². The number of carbonyl (C=O) groups excluding carboxylic acids is 1. The summed E-state index contributed by atoms with van der Waals surface area (Å²) in [4.78, 5) is 11.9. The van der Waals surface area contributed by atoms with E-state index in [2.05, 4.69) is 0 Å². The van der Waals surface area contributed by atoms with Crippen LogP contribution in [0.2, 0.25) is 5.02 Å². The molecular weight excluding hydrogens is 293 g/mol. The molecule has 0 heterocycles. The SMILES string of the molecule is O=C(/C=C/c1ccc(F)c(Cl)c1)c1ccc(B(O)O)cc1. The van der Waals surface area contributed by atoms with Crippen molar-refractivity contribution in [1.29, 1.82) is 0 Å². The van der Waals surface area contributed by atoms with Gasteiger partial charge in [0.1, 0.15) is 5.82 Å². The van der Waals surface area contributed by atoms with Crippen molar-refractivity contribution in [3.05, 3.63) is 70.5 Å². The molecule has 0 spiro atoms. The molecule has 0 bridgehead atoms. The summed E-state index contributed by atoms with van der Waals surface area (Å²) >= 11 is 5.65. The van der Waals surface area contributed by atoms with Crippen LogP contribution in [0.3, 0.4) is 0 Å². The number of halogens is 2. The van der Waals surface area contributed by atoms with Gasteiger partial charge in [0.2, 0.25) is 0 Å². The molecule has 0 aliphatic carbocycles. The summed E-state index contributed by atoms with van der Waals surface area (Å²) in [6.07, 6.45) is 2.87. The van der Waals surface area contributed by atoms with E-state index in [0.717, 1.165) is 0 Å². The van der Waals surface area contributed by atoms with Gasteiger partial charge in [-0.15, -0.1) is 0 Å². The Labute approximate surface area is 126 Å². The molecule has 2 aromatic carbocycles. The average Bonchev–Trinajstić information content (AvgIpc) is 2.48. The zero-order valence-corrected chi connectivity index (χ0v) is 11.6. The van der Waals surface area contributed by atoms with Crippen molar-refractivity contribution in [3.63, 3.8) is 0 Å². The van der Waals surface area contributed by atoms with Gasteiger partial charge in [0.05, 0.1) is 5.02 Å². The minimum atomic E-state index is -1.56. The first-order valence-corrected chi connectivity index (χ1v) is 6.49. The molecule has 6 heteroatoms. The van der Waals surface area contributed by atoms with Crippen LogP contribution in [0.4, 0.5) is 4.39 Å². The number of ketones is 1. The van der Waals surface area contributed by atoms with Crippen LogP contribution in [0, 0.1) is 5.82 Å². The van der Waals surface area contributed by atoms with E-state index in [9.17, 15) is 9.18 Å². The van der Waals surface area contributed by atoms with Gasteiger partial charge in [-0.25, -0.2) is 4.39 Å². The topological polar surface area (TPSA) is 57.5 Å². The maximum absolute atomic E-state index is 13.0. The highest BCUT2D eigenvalue weighted by Crippen LogP contribution is 2.17. The number of rotatable bonds is 4. The largest absolute Gasteiger partial charge is 0.488 e. The first-order chi connectivity index (χ1) is 9.97. The Hall–Kier alpha value is -1.95. The minimum absolute atomic E-state index is 0.00844. The van der Waals surface area contributed by atoms with E-state index in [1.165, 1.54) is 54.6 Å². The van der Waals surface area contributed by atoms with Crippen LogP contribution < -0.4 is 5.46 Å². The van der Waals surface area contributed by atoms with E-state index in [-0.39, 0.29) is 10.8 Å². The number of allylic oxidation sites excluding steroid dienone is 1. The lowest BCUT2D eigenvalue weighted by atomic mass is 9.80. The summed E-state index contributed by atoms with van der Waals surface area (Å²) < 4.78 is 13.0. The third-order valence-corrected chi connectivity index (χ3v) is 3.15. The molecule has 2 N–H and O–H groups in total. The van der Waals surface area contributed by atoms with Crippen molar-refractivity contribution >= 4 is 36.0 Å². The van der Waals surface area contributed by atoms with Crippen molar-refractivity contribution in [2.75, 3.05) is 0 Å². The van der Waals surface area contributed by atoms with Gasteiger partial charge in [0.15, 0.2) is 5.78 Å². The number of hydrogen-bond acceptors (Lipinski definition) is 3. The molecule has 2 aromatic rings. The van der Waals surface area contributed by atoms with Crippen molar-refractivity contribution in [3.8, 4) is 0 Å². The van der Waals surface area contributed by atoms with Crippen LogP contribution in [0.5, 0.6) is 0 Å². The lowest BCUT2D eigenvalue weighted by Gasteiger charge is -2.00. The highest BCUT2D eigenvalue weighted by atomic mass is 35.5. The lowest BCUT2D eigenvalue weighted by molar-refractivity contribution is 0.104. The smallest absolute Gasteiger partial charge is 0.423 e. The monoisotopic (exact) mass is 304 g/mol. The highest BCUT2D eigenvalue weighted by molar-refractivity contribution is 6.58. The second kappa shape index (κ2) is 6.67. The Bertz CT molecular complexity index is 684. The summed E-state index contributed by atoms with van der Waals surface area (Å²) in [5.41, 5.74) is 1.32. The Kier molecular flexibility index (Phi) is 4.91. The van der Waals surface area contributed by atoms with Gasteiger partial charge in [-0.2, -0.15) is 0 Å². The quantitative estimate of drug-likeness (QED) is 0.516. The second-order valence-corrected chi connectivity index (χ2v) is 4.77. The predicted octanol–water partition coefficient (Wildman–Crippen LogP) is 2.06. The van der Waals surface area contributed by atoms with E-state index in [0.29, 0.717) is 16.6 Å². The van der Waals surface area contributed by atoms with Crippen LogP contribution in [-0.4, -0.2) is 22.9 Å². The molecule has 0 fully saturated rings. The molecule has 0 aliphatic rings. The maximum Gasteiger partial charge on any atom is 0.488 e. The standard InChI is InChI=1S/C15H11BClFO3/c17-13-9-10(1-7-14(13)18)2-8-15(19)11-3-5-12(6-4-11)16(20)21/h1-9,20-21H/b8-2+. The summed E-state index contributed by atoms with van der Waals surface area (Å²) in [5.74, 6) is -0.771. The first-order valence-electron chi connectivity index (χ1n) is 6.11. The summed E-state index contributed by atoms with van der Waals surface area (Å²) in [7, 11) is -1.56. The fourth-order valence-electron chi connectivity index (χ4n) is 1.70. The van der Waals surface area contributed by atoms with Crippen LogP contribution in [0.15, 0.2) is 48.5 Å². The molecular formula is C15H11BClFO3. The average molecular weight is 305 g/mol. The fraction of sp³-hybridized carbons (Fsp3) is 0. The van der Waals surface area contributed by atoms with Gasteiger partial charge in [-0.3, -0.25) is 4.79 Å². The third kappa shape index (κ3) is 4.01. The molecule has 0 aromatic heterocycles. The molecule has 0 atom stereocenters. The van der Waals surface area contributed by atoms with Gasteiger partial charge >= 0.3 is 7.12 Å². The highest BCUT2D eigenvalue weighted by Gasteiger charge is 2.11. The van der Waals surface area contributed by atoms with Crippen LogP contribution >= 0.6 is 11.6 Å². The fourth-order valence-corrected chi connectivity index (χ4v) is 1.89. The minimum Gasteiger partial charge on any atom is -0.423 e. The molecule has 21 heavy (non-hydrogen) atoms. The van der Waals surface area contributed by atoms with E-state index in [1.54, 1.807) is 0 Å². The molecule has 0 aliphatic heterocycles. The first kappa shape index (κ1) is 15.4. The summed E-state index contributed by atoms with van der Waals surface area (Å²) in [5, 5.41) is 17.9. The van der Waals surface area contributed by atoms with Crippen molar-refractivity contribution in [1.82, 2.24) is 0 Å². The molecule has 0 radical (unpaired) electrons. The number of hydrogen-bond donors (Lipinski definition) is 2. The molecule has 106 valence electrons. The Morgan fingerprint density at radius 3 is 2.38 bits per heavy atom. The van der Waals surface area contributed by atoms with Gasteiger partial charge < -0.3 is 10.0 Å². The van der Waals surface area contributed by atoms with Crippen molar-refractivity contribution < 1.29 is 19.2 Å². The van der Waals surface area contributed by atoms with Gasteiger partial charge in [0.25, 0.3) is 0 Å². The van der Waals surface area contributed by atoms with E-state index in [4.69, 9.17) is 21.6 Å². The molecule has 3 nitrogen and oxygen atoms in total. The van der Waals surface area contributed by atoms with Crippen molar-refractivity contribution in [2.45, 2.75) is 0 Å². The summed E-state index contributed by atoms with van der Waals surface area (Å²) in [6, 6.07) is 10.1. The van der Waals surface area contributed by atoms with Crippen LogP contribution in [-0.2, 0) is 0 Å². The molecule has 0 saturated carbocycles. The Morgan fingerprint density at radius 1 is 1.14 bits per heavy atom. The predicted molar refractivity (Wildman–Crippen MR) is 81.0 cm³/mol. The van der Waals surface area contributed by atoms with Crippen LogP contribution in [0.1, 0.15) is 15.9 Å². The summed E-state index contributed by atoms with van der Waals surface area (Å²) in [6.45, 7) is 0. The van der Waals surface area contributed by atoms with Gasteiger partial charge in [-0.1, -0.05) is 48.0 Å². The van der Waals surface area contributed by atoms with Gasteiger partial charge in [0, 0.05) is 5.56 Å². The normalized spacial score (nSPS) is 10.9. The Morgan fingerprint density at radius 2 is 1.81 bits per heavy atom. The van der Waals surface area contributed by atoms with E-state index in [1.807, 2.05) is 0 Å². The zero-order valence-electron chi connectivity index (χ0n) is 10.8. The second-order valence-electron chi connectivity index (χ2n) is 4.37. The zero-order chi connectivity index (χ0) is 15.4. The molecule has 0 saturated heterocycles. The molecule has 0 unspecified atom stereocenters.